The molecule has 182 valence electrons. The second kappa shape index (κ2) is 9.67. The topological polar surface area (TPSA) is 61.8 Å². The quantitative estimate of drug-likeness (QED) is 0.532. The van der Waals surface area contributed by atoms with Crippen molar-refractivity contribution in [1.29, 1.82) is 0 Å². The van der Waals surface area contributed by atoms with E-state index in [1.807, 2.05) is 0 Å². The van der Waals surface area contributed by atoms with Crippen molar-refractivity contribution in [3.63, 3.8) is 0 Å². The van der Waals surface area contributed by atoms with Gasteiger partial charge in [-0.2, -0.15) is 0 Å². The Hall–Kier alpha value is -2.44. The molecule has 34 heavy (non-hydrogen) atoms. The summed E-state index contributed by atoms with van der Waals surface area (Å²) in [5.74, 6) is -0.124. The van der Waals surface area contributed by atoms with E-state index in [0.29, 0.717) is 30.9 Å². The Morgan fingerprint density at radius 3 is 2.41 bits per heavy atom. The maximum Gasteiger partial charge on any atom is 0.310 e. The third kappa shape index (κ3) is 4.98. The summed E-state index contributed by atoms with van der Waals surface area (Å²) in [4.78, 5) is 14.2. The number of carbonyl (C=O) groups is 1. The molecule has 1 heterocycles. The van der Waals surface area contributed by atoms with Gasteiger partial charge in [-0.3, -0.25) is 4.79 Å². The average molecular weight is 467 g/mol. The Bertz CT molecular complexity index is 986. The lowest BCUT2D eigenvalue weighted by atomic mass is 9.68. The van der Waals surface area contributed by atoms with Crippen molar-refractivity contribution >= 4 is 5.97 Å². The summed E-state index contributed by atoms with van der Waals surface area (Å²) in [6.45, 7) is 3.63. The molecule has 2 saturated carbocycles. The first kappa shape index (κ1) is 23.3. The zero-order chi connectivity index (χ0) is 23.6. The molecule has 6 heteroatoms. The van der Waals surface area contributed by atoms with E-state index in [4.69, 9.17) is 4.74 Å². The first-order valence-corrected chi connectivity index (χ1v) is 12.6. The molecule has 5 rings (SSSR count). The molecule has 0 aromatic heterocycles. The summed E-state index contributed by atoms with van der Waals surface area (Å²) >= 11 is 0. The molecule has 0 bridgehead atoms. The molecule has 2 unspecified atom stereocenters. The maximum absolute atomic E-state index is 14.2. The minimum Gasteiger partial charge on any atom is -0.490 e. The van der Waals surface area contributed by atoms with E-state index in [1.54, 1.807) is 18.2 Å². The molecule has 5 nitrogen and oxygen atoms in total. The van der Waals surface area contributed by atoms with Crippen LogP contribution in [0.3, 0.4) is 0 Å². The number of rotatable bonds is 10. The monoisotopic (exact) mass is 466 g/mol. The van der Waals surface area contributed by atoms with Gasteiger partial charge in [0.2, 0.25) is 0 Å². The molecule has 2 aromatic carbocycles. The molecule has 0 spiro atoms. The summed E-state index contributed by atoms with van der Waals surface area (Å²) in [6.07, 6.45) is 5.53. The van der Waals surface area contributed by atoms with Crippen molar-refractivity contribution in [3.8, 4) is 5.75 Å². The Morgan fingerprint density at radius 2 is 1.76 bits per heavy atom. The average Bonchev–Trinajstić information content (AvgIpc) is 3.61. The molecular weight excluding hydrogens is 431 g/mol. The summed E-state index contributed by atoms with van der Waals surface area (Å²) < 4.78 is 20.2. The molecule has 2 atom stereocenters. The first-order chi connectivity index (χ1) is 16.5. The van der Waals surface area contributed by atoms with Crippen LogP contribution in [-0.4, -0.2) is 54.8 Å². The highest BCUT2D eigenvalue weighted by atomic mass is 19.1. The molecular formula is C28H35FN2O3. The number of carboxylic acid groups (broad SMARTS) is 1. The van der Waals surface area contributed by atoms with Gasteiger partial charge in [-0.05, 0) is 62.9 Å². The van der Waals surface area contributed by atoms with Crippen LogP contribution in [0.25, 0.3) is 0 Å². The molecule has 2 aliphatic carbocycles. The van der Waals surface area contributed by atoms with Gasteiger partial charge in [-0.25, -0.2) is 4.39 Å². The van der Waals surface area contributed by atoms with Gasteiger partial charge in [0.15, 0.2) is 11.6 Å². The van der Waals surface area contributed by atoms with Gasteiger partial charge in [-0.15, -0.1) is 0 Å². The Labute approximate surface area is 201 Å². The number of para-hydroxylation sites is 1. The van der Waals surface area contributed by atoms with Crippen LogP contribution >= 0.6 is 0 Å². The number of nitrogens with one attached hydrogen (secondary N) is 1. The fourth-order valence-corrected chi connectivity index (χ4v) is 5.66. The minimum atomic E-state index is -0.652. The number of hydrogen-bond donors (Lipinski definition) is 2. The summed E-state index contributed by atoms with van der Waals surface area (Å²) in [6, 6.07) is 17.7. The third-order valence-corrected chi connectivity index (χ3v) is 8.34. The predicted octanol–water partition coefficient (Wildman–Crippen LogP) is 4.69. The lowest BCUT2D eigenvalue weighted by Crippen LogP contribution is -2.53. The van der Waals surface area contributed by atoms with Crippen molar-refractivity contribution < 1.29 is 19.0 Å². The van der Waals surface area contributed by atoms with Gasteiger partial charge >= 0.3 is 5.97 Å². The van der Waals surface area contributed by atoms with Gasteiger partial charge in [-0.1, -0.05) is 48.9 Å². The lowest BCUT2D eigenvalue weighted by molar-refractivity contribution is -0.156. The Balaban J connectivity index is 1.22. The predicted molar refractivity (Wildman–Crippen MR) is 130 cm³/mol. The van der Waals surface area contributed by atoms with Crippen molar-refractivity contribution in [2.24, 2.45) is 10.8 Å². The van der Waals surface area contributed by atoms with Gasteiger partial charge in [0.1, 0.15) is 0 Å². The Kier molecular flexibility index (Phi) is 6.63. The number of ether oxygens (including phenoxy) is 1. The second-order valence-corrected chi connectivity index (χ2v) is 10.7. The van der Waals surface area contributed by atoms with Gasteiger partial charge in [0.25, 0.3) is 0 Å². The van der Waals surface area contributed by atoms with E-state index in [1.165, 1.54) is 11.6 Å². The molecule has 2 N–H and O–H groups in total. The molecule has 3 aliphatic rings. The fourth-order valence-electron chi connectivity index (χ4n) is 5.66. The van der Waals surface area contributed by atoms with E-state index in [0.717, 1.165) is 58.2 Å². The fraction of sp³-hybridized carbons (Fsp3) is 0.536. The van der Waals surface area contributed by atoms with Crippen LogP contribution < -0.4 is 10.1 Å². The number of benzene rings is 2. The van der Waals surface area contributed by atoms with Crippen LogP contribution in [0.2, 0.25) is 0 Å². The SMILES string of the molecule is O=C(O)C1(CN2CCC(CNC3CC3c3ccccc3)(COc3ccccc3F)CC2)CCC1. The van der Waals surface area contributed by atoms with Crippen molar-refractivity contribution in [3.05, 3.63) is 66.0 Å². The van der Waals surface area contributed by atoms with Crippen molar-refractivity contribution in [2.75, 3.05) is 32.8 Å². The number of aliphatic carboxylic acids is 1. The van der Waals surface area contributed by atoms with Crippen LogP contribution in [-0.2, 0) is 4.79 Å². The smallest absolute Gasteiger partial charge is 0.310 e. The molecule has 2 aromatic rings. The van der Waals surface area contributed by atoms with Gasteiger partial charge < -0.3 is 20.1 Å². The van der Waals surface area contributed by atoms with Crippen LogP contribution in [0.4, 0.5) is 4.39 Å². The zero-order valence-corrected chi connectivity index (χ0v) is 19.7. The number of halogens is 1. The Morgan fingerprint density at radius 1 is 1.06 bits per heavy atom. The van der Waals surface area contributed by atoms with Crippen LogP contribution in [0.15, 0.2) is 54.6 Å². The standard InChI is InChI=1S/C28H35FN2O3/c29-23-9-4-5-10-25(23)34-20-27(18-30-24-17-22(24)21-7-2-1-3-8-21)13-15-31(16-14-27)19-28(26(32)33)11-6-12-28/h1-5,7-10,22,24,30H,6,11-20H2,(H,32,33). The van der Waals surface area contributed by atoms with E-state index in [9.17, 15) is 14.3 Å². The number of piperidine rings is 1. The summed E-state index contributed by atoms with van der Waals surface area (Å²) in [5, 5.41) is 13.5. The second-order valence-electron chi connectivity index (χ2n) is 10.7. The molecule has 0 radical (unpaired) electrons. The minimum absolute atomic E-state index is 0.0986. The highest BCUT2D eigenvalue weighted by Crippen LogP contribution is 2.44. The first-order valence-electron chi connectivity index (χ1n) is 12.6. The van der Waals surface area contributed by atoms with Gasteiger partial charge in [0, 0.05) is 30.5 Å². The normalized spacial score (nSPS) is 25.3. The summed E-state index contributed by atoms with van der Waals surface area (Å²) in [7, 11) is 0. The highest BCUT2D eigenvalue weighted by molar-refractivity contribution is 5.76. The van der Waals surface area contributed by atoms with E-state index < -0.39 is 11.4 Å². The largest absolute Gasteiger partial charge is 0.490 e. The third-order valence-electron chi connectivity index (χ3n) is 8.34. The van der Waals surface area contributed by atoms with E-state index in [2.05, 4.69) is 40.5 Å². The lowest BCUT2D eigenvalue weighted by Gasteiger charge is -2.46. The van der Waals surface area contributed by atoms with Crippen molar-refractivity contribution in [1.82, 2.24) is 10.2 Å². The maximum atomic E-state index is 14.2. The molecule has 1 aliphatic heterocycles. The molecule has 1 saturated heterocycles. The van der Waals surface area contributed by atoms with E-state index in [-0.39, 0.29) is 11.2 Å². The highest BCUT2D eigenvalue weighted by Gasteiger charge is 2.47. The molecule has 3 fully saturated rings. The van der Waals surface area contributed by atoms with Crippen LogP contribution in [0, 0.1) is 16.6 Å². The number of nitrogens with zero attached hydrogens (tertiary/aromatic N) is 1. The van der Waals surface area contributed by atoms with Crippen molar-refractivity contribution in [2.45, 2.75) is 50.5 Å². The van der Waals surface area contributed by atoms with E-state index >= 15 is 0 Å². The van der Waals surface area contributed by atoms with Gasteiger partial charge in [0.05, 0.1) is 12.0 Å². The van der Waals surface area contributed by atoms with Crippen LogP contribution in [0.5, 0.6) is 5.75 Å². The molecule has 0 amide bonds. The number of carboxylic acids is 1. The summed E-state index contributed by atoms with van der Waals surface area (Å²) in [5.41, 5.74) is 0.725. The number of hydrogen-bond acceptors (Lipinski definition) is 4. The van der Waals surface area contributed by atoms with Crippen LogP contribution in [0.1, 0.15) is 50.0 Å². The number of likely N-dealkylation sites (tertiary alicyclic amines) is 1. The zero-order valence-electron chi connectivity index (χ0n) is 19.7.